The van der Waals surface area contributed by atoms with Crippen molar-refractivity contribution in [2.24, 2.45) is 0 Å². The number of amides is 1. The van der Waals surface area contributed by atoms with Crippen LogP contribution in [0, 0.1) is 17.0 Å². The molecular formula is C12H13N5O3. The summed E-state index contributed by atoms with van der Waals surface area (Å²) in [6.45, 7) is 1.82. The largest absolute Gasteiger partial charge is 0.334 e. The van der Waals surface area contributed by atoms with E-state index in [1.165, 1.54) is 12.3 Å². The van der Waals surface area contributed by atoms with Crippen LogP contribution in [0.1, 0.15) is 35.1 Å². The van der Waals surface area contributed by atoms with Crippen LogP contribution < -0.4 is 5.32 Å². The second kappa shape index (κ2) is 4.48. The van der Waals surface area contributed by atoms with Crippen LogP contribution in [0.15, 0.2) is 18.3 Å². The van der Waals surface area contributed by atoms with Gasteiger partial charge in [0.05, 0.1) is 11.1 Å². The maximum Gasteiger partial charge on any atom is 0.287 e. The minimum Gasteiger partial charge on any atom is -0.334 e. The van der Waals surface area contributed by atoms with Crippen molar-refractivity contribution in [1.29, 1.82) is 0 Å². The molecule has 1 fully saturated rings. The molecule has 2 aromatic rings. The Labute approximate surface area is 113 Å². The Kier molecular flexibility index (Phi) is 2.78. The molecule has 0 bridgehead atoms. The number of hydrogen-bond donors (Lipinski definition) is 2. The molecule has 0 spiro atoms. The maximum absolute atomic E-state index is 12.2. The summed E-state index contributed by atoms with van der Waals surface area (Å²) in [5.41, 5.74) is 1.05. The normalized spacial score (nSPS) is 14.2. The van der Waals surface area contributed by atoms with Gasteiger partial charge in [0.25, 0.3) is 11.6 Å². The average molecular weight is 275 g/mol. The number of aryl methyl sites for hydroxylation is 1. The van der Waals surface area contributed by atoms with Crippen molar-refractivity contribution in [3.8, 4) is 0 Å². The monoisotopic (exact) mass is 275 g/mol. The summed E-state index contributed by atoms with van der Waals surface area (Å²) in [6, 6.07) is 3.18. The molecule has 8 nitrogen and oxygen atoms in total. The number of aromatic nitrogens is 3. The average Bonchev–Trinajstić information content (AvgIpc) is 3.00. The van der Waals surface area contributed by atoms with E-state index in [1.54, 1.807) is 10.6 Å². The topological polar surface area (TPSA) is 106 Å². The zero-order valence-corrected chi connectivity index (χ0v) is 10.8. The fraction of sp³-hybridized carbons (Fsp3) is 0.333. The first kappa shape index (κ1) is 12.4. The van der Waals surface area contributed by atoms with Crippen LogP contribution >= 0.6 is 0 Å². The van der Waals surface area contributed by atoms with Crippen LogP contribution in [0.3, 0.4) is 0 Å². The number of nitrogens with zero attached hydrogens (tertiary/aromatic N) is 3. The minimum absolute atomic E-state index is 0.0692. The predicted octanol–water partition coefficient (Wildman–Crippen LogP) is 2.02. The van der Waals surface area contributed by atoms with Gasteiger partial charge in [0.15, 0.2) is 5.82 Å². The molecule has 0 aromatic carbocycles. The van der Waals surface area contributed by atoms with E-state index in [1.807, 2.05) is 6.92 Å². The van der Waals surface area contributed by atoms with E-state index in [9.17, 15) is 14.9 Å². The molecule has 2 N–H and O–H groups in total. The van der Waals surface area contributed by atoms with Gasteiger partial charge in [0, 0.05) is 23.9 Å². The molecule has 0 unspecified atom stereocenters. The molecule has 2 aromatic heterocycles. The van der Waals surface area contributed by atoms with E-state index in [-0.39, 0.29) is 11.7 Å². The number of nitrogens with one attached hydrogen (secondary N) is 2. The van der Waals surface area contributed by atoms with Crippen LogP contribution in [0.25, 0.3) is 0 Å². The Hall–Kier alpha value is -2.64. The lowest BCUT2D eigenvalue weighted by atomic mass is 10.3. The van der Waals surface area contributed by atoms with E-state index in [0.717, 1.165) is 18.5 Å². The molecule has 0 aliphatic heterocycles. The summed E-state index contributed by atoms with van der Waals surface area (Å²) in [7, 11) is 0. The molecule has 1 amide bonds. The van der Waals surface area contributed by atoms with Crippen molar-refractivity contribution in [2.75, 3.05) is 5.32 Å². The highest BCUT2D eigenvalue weighted by atomic mass is 16.6. The molecule has 0 atom stereocenters. The molecule has 104 valence electrons. The highest BCUT2D eigenvalue weighted by Gasteiger charge is 2.30. The van der Waals surface area contributed by atoms with Crippen molar-refractivity contribution in [3.63, 3.8) is 0 Å². The van der Waals surface area contributed by atoms with Gasteiger partial charge in [-0.1, -0.05) is 0 Å². The van der Waals surface area contributed by atoms with E-state index in [2.05, 4.69) is 15.5 Å². The van der Waals surface area contributed by atoms with Crippen molar-refractivity contribution in [3.05, 3.63) is 39.8 Å². The second-order valence-corrected chi connectivity index (χ2v) is 4.87. The molecule has 0 radical (unpaired) electrons. The highest BCUT2D eigenvalue weighted by Crippen LogP contribution is 2.38. The number of rotatable bonds is 4. The molecule has 2 heterocycles. The Morgan fingerprint density at radius 2 is 2.30 bits per heavy atom. The van der Waals surface area contributed by atoms with Gasteiger partial charge < -0.3 is 9.88 Å². The van der Waals surface area contributed by atoms with Crippen LogP contribution in [-0.4, -0.2) is 25.6 Å². The second-order valence-electron chi connectivity index (χ2n) is 4.87. The van der Waals surface area contributed by atoms with Crippen molar-refractivity contribution in [2.45, 2.75) is 25.8 Å². The predicted molar refractivity (Wildman–Crippen MR) is 70.6 cm³/mol. The first-order chi connectivity index (χ1) is 9.54. The van der Waals surface area contributed by atoms with Gasteiger partial charge >= 0.3 is 0 Å². The maximum atomic E-state index is 12.2. The molecule has 0 saturated heterocycles. The number of carbonyl (C=O) groups is 1. The van der Waals surface area contributed by atoms with Gasteiger partial charge in [-0.15, -0.1) is 0 Å². The standard InChI is InChI=1S/C12H13N5O3/c1-7-4-11(15-14-7)13-12(18)10-5-9(17(19)20)6-16(10)8-2-3-8/h4-6,8H,2-3H2,1H3,(H2,13,14,15,18). The van der Waals surface area contributed by atoms with Crippen molar-refractivity contribution < 1.29 is 9.72 Å². The van der Waals surface area contributed by atoms with E-state index in [0.29, 0.717) is 11.5 Å². The zero-order valence-electron chi connectivity index (χ0n) is 10.8. The molecule has 1 aliphatic carbocycles. The minimum atomic E-state index is -0.492. The summed E-state index contributed by atoms with van der Waals surface area (Å²) < 4.78 is 1.67. The number of aromatic amines is 1. The number of nitro groups is 1. The first-order valence-corrected chi connectivity index (χ1v) is 6.24. The Morgan fingerprint density at radius 1 is 1.55 bits per heavy atom. The van der Waals surface area contributed by atoms with Crippen molar-refractivity contribution in [1.82, 2.24) is 14.8 Å². The van der Waals surface area contributed by atoms with E-state index < -0.39 is 10.8 Å². The van der Waals surface area contributed by atoms with E-state index in [4.69, 9.17) is 0 Å². The van der Waals surface area contributed by atoms with Gasteiger partial charge in [-0.2, -0.15) is 5.10 Å². The molecule has 1 aliphatic rings. The molecule has 3 rings (SSSR count). The number of hydrogen-bond acceptors (Lipinski definition) is 4. The van der Waals surface area contributed by atoms with Crippen LogP contribution in [0.5, 0.6) is 0 Å². The molecular weight excluding hydrogens is 262 g/mol. The van der Waals surface area contributed by atoms with Gasteiger partial charge in [0.2, 0.25) is 0 Å². The van der Waals surface area contributed by atoms with Gasteiger partial charge in [-0.3, -0.25) is 20.0 Å². The smallest absolute Gasteiger partial charge is 0.287 e. The Balaban J connectivity index is 1.88. The van der Waals surface area contributed by atoms with Crippen LogP contribution in [0.2, 0.25) is 0 Å². The lowest BCUT2D eigenvalue weighted by molar-refractivity contribution is -0.384. The summed E-state index contributed by atoms with van der Waals surface area (Å²) in [4.78, 5) is 22.5. The fourth-order valence-corrected chi connectivity index (χ4v) is 2.06. The summed E-state index contributed by atoms with van der Waals surface area (Å²) in [5.74, 6) is 0.00944. The van der Waals surface area contributed by atoms with Gasteiger partial charge in [-0.05, 0) is 19.8 Å². The van der Waals surface area contributed by atoms with E-state index >= 15 is 0 Å². The number of carbonyl (C=O) groups excluding carboxylic acids is 1. The summed E-state index contributed by atoms with van der Waals surface area (Å²) in [6.07, 6.45) is 3.30. The third-order valence-electron chi connectivity index (χ3n) is 3.17. The lowest BCUT2D eigenvalue weighted by Gasteiger charge is -2.05. The van der Waals surface area contributed by atoms with Gasteiger partial charge in [0.1, 0.15) is 5.69 Å². The van der Waals surface area contributed by atoms with Crippen molar-refractivity contribution >= 4 is 17.4 Å². The third kappa shape index (κ3) is 2.27. The Morgan fingerprint density at radius 3 is 2.85 bits per heavy atom. The first-order valence-electron chi connectivity index (χ1n) is 6.24. The molecule has 20 heavy (non-hydrogen) atoms. The molecule has 1 saturated carbocycles. The lowest BCUT2D eigenvalue weighted by Crippen LogP contribution is -2.16. The van der Waals surface area contributed by atoms with Crippen LogP contribution in [-0.2, 0) is 0 Å². The number of H-pyrrole nitrogens is 1. The quantitative estimate of drug-likeness (QED) is 0.657. The fourth-order valence-electron chi connectivity index (χ4n) is 2.06. The van der Waals surface area contributed by atoms with Gasteiger partial charge in [-0.25, -0.2) is 0 Å². The molecule has 8 heteroatoms. The third-order valence-corrected chi connectivity index (χ3v) is 3.17. The summed E-state index contributed by atoms with van der Waals surface area (Å²) >= 11 is 0. The zero-order chi connectivity index (χ0) is 14.3. The SMILES string of the molecule is Cc1cc(NC(=O)c2cc([N+](=O)[O-])cn2C2CC2)n[nH]1. The summed E-state index contributed by atoms with van der Waals surface area (Å²) in [5, 5.41) is 20.1. The highest BCUT2D eigenvalue weighted by molar-refractivity contribution is 6.03. The Bertz CT molecular complexity index is 683. The number of anilines is 1. The van der Waals surface area contributed by atoms with Crippen LogP contribution in [0.4, 0.5) is 11.5 Å².